The molecule has 1 N–H and O–H groups in total. The first-order chi connectivity index (χ1) is 13.2. The minimum Gasteiger partial charge on any atom is -0.490 e. The molecule has 5 heteroatoms. The number of hydrogen-bond donors (Lipinski definition) is 1. The summed E-state index contributed by atoms with van der Waals surface area (Å²) in [6.45, 7) is 4.10. The molecular weight excluding hydrogens is 361 g/mol. The minimum absolute atomic E-state index is 0.0190. The first kappa shape index (κ1) is 17.5. The standard InChI is InChI=1S/C22H18FNO2S/c1-2-10-26-17-8-6-14(7-9-17)18-12-20(25)24-21-19(13-27-22(18)21)15-4-3-5-16(23)11-15/h2-9,11,13,18H,1,10,12H2,(H,24,25)/t18-/m0/s1. The molecule has 0 aliphatic carbocycles. The van der Waals surface area contributed by atoms with E-state index in [1.807, 2.05) is 35.7 Å². The Bertz CT molecular complexity index is 994. The van der Waals surface area contributed by atoms with Crippen LogP contribution in [0.15, 0.2) is 66.6 Å². The van der Waals surface area contributed by atoms with Crippen molar-refractivity contribution >= 4 is 22.9 Å². The van der Waals surface area contributed by atoms with Crippen LogP contribution < -0.4 is 10.1 Å². The summed E-state index contributed by atoms with van der Waals surface area (Å²) in [6.07, 6.45) is 2.09. The summed E-state index contributed by atoms with van der Waals surface area (Å²) in [5.74, 6) is 0.428. The summed E-state index contributed by atoms with van der Waals surface area (Å²) < 4.78 is 19.2. The molecule has 1 aromatic heterocycles. The maximum Gasteiger partial charge on any atom is 0.225 e. The van der Waals surface area contributed by atoms with Crippen molar-refractivity contribution in [2.75, 3.05) is 11.9 Å². The van der Waals surface area contributed by atoms with Crippen LogP contribution in [0.25, 0.3) is 11.1 Å². The van der Waals surface area contributed by atoms with Gasteiger partial charge in [-0.3, -0.25) is 4.79 Å². The molecule has 0 radical (unpaired) electrons. The van der Waals surface area contributed by atoms with Gasteiger partial charge in [0.05, 0.1) is 5.69 Å². The molecule has 4 rings (SSSR count). The third-order valence-corrected chi connectivity index (χ3v) is 5.67. The number of thiophene rings is 1. The van der Waals surface area contributed by atoms with Gasteiger partial charge in [0.15, 0.2) is 0 Å². The number of carbonyl (C=O) groups is 1. The number of fused-ring (bicyclic) bond motifs is 1. The van der Waals surface area contributed by atoms with Crippen LogP contribution in [0.4, 0.5) is 10.1 Å². The molecule has 0 fully saturated rings. The van der Waals surface area contributed by atoms with E-state index in [1.165, 1.54) is 12.1 Å². The number of rotatable bonds is 5. The topological polar surface area (TPSA) is 38.3 Å². The van der Waals surface area contributed by atoms with Gasteiger partial charge in [-0.05, 0) is 35.4 Å². The fraction of sp³-hybridized carbons (Fsp3) is 0.136. The van der Waals surface area contributed by atoms with Crippen LogP contribution in [0.2, 0.25) is 0 Å². The lowest BCUT2D eigenvalue weighted by Gasteiger charge is -2.24. The highest BCUT2D eigenvalue weighted by molar-refractivity contribution is 7.11. The van der Waals surface area contributed by atoms with E-state index in [-0.39, 0.29) is 17.6 Å². The van der Waals surface area contributed by atoms with Gasteiger partial charge in [-0.25, -0.2) is 4.39 Å². The number of halogens is 1. The zero-order chi connectivity index (χ0) is 18.8. The molecule has 3 aromatic rings. The molecule has 1 amide bonds. The van der Waals surface area contributed by atoms with Crippen molar-refractivity contribution in [3.63, 3.8) is 0 Å². The van der Waals surface area contributed by atoms with E-state index in [9.17, 15) is 9.18 Å². The van der Waals surface area contributed by atoms with Crippen molar-refractivity contribution in [1.29, 1.82) is 0 Å². The lowest BCUT2D eigenvalue weighted by molar-refractivity contribution is -0.116. The summed E-state index contributed by atoms with van der Waals surface area (Å²) in [7, 11) is 0. The van der Waals surface area contributed by atoms with Crippen LogP contribution in [0.5, 0.6) is 5.75 Å². The molecule has 3 nitrogen and oxygen atoms in total. The van der Waals surface area contributed by atoms with Crippen LogP contribution in [0.3, 0.4) is 0 Å². The zero-order valence-corrected chi connectivity index (χ0v) is 15.4. The van der Waals surface area contributed by atoms with Gasteiger partial charge in [0.2, 0.25) is 5.91 Å². The molecule has 27 heavy (non-hydrogen) atoms. The minimum atomic E-state index is -0.291. The van der Waals surface area contributed by atoms with Gasteiger partial charge in [-0.15, -0.1) is 11.3 Å². The van der Waals surface area contributed by atoms with Crippen molar-refractivity contribution in [3.05, 3.63) is 82.8 Å². The SMILES string of the molecule is C=CCOc1ccc([C@@H]2CC(=O)Nc3c(-c4cccc(F)c4)csc32)cc1. The summed E-state index contributed by atoms with van der Waals surface area (Å²) in [5, 5.41) is 4.96. The first-order valence-electron chi connectivity index (χ1n) is 8.66. The number of amides is 1. The Morgan fingerprint density at radius 3 is 2.81 bits per heavy atom. The predicted molar refractivity (Wildman–Crippen MR) is 107 cm³/mol. The summed E-state index contributed by atoms with van der Waals surface area (Å²) >= 11 is 1.59. The quantitative estimate of drug-likeness (QED) is 0.587. The highest BCUT2D eigenvalue weighted by Gasteiger charge is 2.30. The van der Waals surface area contributed by atoms with Crippen LogP contribution in [-0.4, -0.2) is 12.5 Å². The van der Waals surface area contributed by atoms with Crippen molar-refractivity contribution in [1.82, 2.24) is 0 Å². The van der Waals surface area contributed by atoms with Crippen LogP contribution in [0.1, 0.15) is 22.8 Å². The van der Waals surface area contributed by atoms with Crippen molar-refractivity contribution in [2.24, 2.45) is 0 Å². The molecule has 2 aromatic carbocycles. The fourth-order valence-corrected chi connectivity index (χ4v) is 4.48. The Labute approximate surface area is 161 Å². The second kappa shape index (κ2) is 7.37. The summed E-state index contributed by atoms with van der Waals surface area (Å²) in [6, 6.07) is 14.2. The Hall–Kier alpha value is -2.92. The van der Waals surface area contributed by atoms with Gasteiger partial charge in [0.25, 0.3) is 0 Å². The number of anilines is 1. The van der Waals surface area contributed by atoms with E-state index >= 15 is 0 Å². The summed E-state index contributed by atoms with van der Waals surface area (Å²) in [4.78, 5) is 13.4. The lowest BCUT2D eigenvalue weighted by Crippen LogP contribution is -2.22. The molecule has 0 bridgehead atoms. The molecule has 0 spiro atoms. The molecule has 136 valence electrons. The second-order valence-corrected chi connectivity index (χ2v) is 7.28. The summed E-state index contributed by atoms with van der Waals surface area (Å²) in [5.41, 5.74) is 3.48. The normalized spacial score (nSPS) is 15.7. The molecule has 2 heterocycles. The van der Waals surface area contributed by atoms with Gasteiger partial charge >= 0.3 is 0 Å². The van der Waals surface area contributed by atoms with Crippen LogP contribution >= 0.6 is 11.3 Å². The Morgan fingerprint density at radius 2 is 2.07 bits per heavy atom. The van der Waals surface area contributed by atoms with Crippen LogP contribution in [0, 0.1) is 5.82 Å². The third-order valence-electron chi connectivity index (χ3n) is 4.58. The van der Waals surface area contributed by atoms with E-state index in [2.05, 4.69) is 11.9 Å². The molecule has 0 saturated carbocycles. The average molecular weight is 379 g/mol. The number of nitrogens with one attached hydrogen (secondary N) is 1. The first-order valence-corrected chi connectivity index (χ1v) is 9.54. The van der Waals surface area contributed by atoms with Gasteiger partial charge in [0, 0.05) is 28.2 Å². The van der Waals surface area contributed by atoms with Crippen molar-refractivity contribution in [3.8, 4) is 16.9 Å². The van der Waals surface area contributed by atoms with E-state index in [1.54, 1.807) is 23.5 Å². The van der Waals surface area contributed by atoms with Crippen molar-refractivity contribution in [2.45, 2.75) is 12.3 Å². The van der Waals surface area contributed by atoms with Gasteiger partial charge in [-0.2, -0.15) is 0 Å². The van der Waals surface area contributed by atoms with Gasteiger partial charge in [0.1, 0.15) is 18.2 Å². The highest BCUT2D eigenvalue weighted by atomic mass is 32.1. The van der Waals surface area contributed by atoms with Gasteiger partial charge in [-0.1, -0.05) is 36.9 Å². The predicted octanol–water partition coefficient (Wildman–Crippen LogP) is 5.59. The molecule has 1 aliphatic heterocycles. The van der Waals surface area contributed by atoms with Gasteiger partial charge < -0.3 is 10.1 Å². The molecular formula is C22H18FNO2S. The number of ether oxygens (including phenoxy) is 1. The number of hydrogen-bond acceptors (Lipinski definition) is 3. The Balaban J connectivity index is 1.70. The average Bonchev–Trinajstić information content (AvgIpc) is 3.10. The lowest BCUT2D eigenvalue weighted by atomic mass is 9.89. The van der Waals surface area contributed by atoms with E-state index < -0.39 is 0 Å². The molecule has 0 saturated heterocycles. The molecule has 1 aliphatic rings. The van der Waals surface area contributed by atoms with E-state index in [0.29, 0.717) is 13.0 Å². The zero-order valence-electron chi connectivity index (χ0n) is 14.6. The maximum atomic E-state index is 13.6. The fourth-order valence-electron chi connectivity index (χ4n) is 3.32. The molecule has 0 unspecified atom stereocenters. The smallest absolute Gasteiger partial charge is 0.225 e. The highest BCUT2D eigenvalue weighted by Crippen LogP contribution is 2.46. The third kappa shape index (κ3) is 3.51. The monoisotopic (exact) mass is 379 g/mol. The second-order valence-electron chi connectivity index (χ2n) is 6.37. The number of benzene rings is 2. The van der Waals surface area contributed by atoms with E-state index in [4.69, 9.17) is 4.74 Å². The maximum absolute atomic E-state index is 13.6. The van der Waals surface area contributed by atoms with Crippen molar-refractivity contribution < 1.29 is 13.9 Å². The Morgan fingerprint density at radius 1 is 1.26 bits per heavy atom. The van der Waals surface area contributed by atoms with E-state index in [0.717, 1.165) is 33.0 Å². The number of carbonyl (C=O) groups excluding carboxylic acids is 1. The Kier molecular flexibility index (Phi) is 4.77. The van der Waals surface area contributed by atoms with Crippen LogP contribution in [-0.2, 0) is 4.79 Å². The molecule has 1 atom stereocenters. The largest absolute Gasteiger partial charge is 0.490 e.